The fourth-order valence-corrected chi connectivity index (χ4v) is 5.28. The number of ether oxygens (including phenoxy) is 1. The molecular formula is C21H25FN2O3S. The van der Waals surface area contributed by atoms with E-state index in [1.165, 1.54) is 17.4 Å². The first kappa shape index (κ1) is 19.3. The van der Waals surface area contributed by atoms with Crippen molar-refractivity contribution in [2.45, 2.75) is 38.9 Å². The Hall–Kier alpha value is -1.99. The highest BCUT2D eigenvalue weighted by Crippen LogP contribution is 2.30. The minimum Gasteiger partial charge on any atom is -0.372 e. The van der Waals surface area contributed by atoms with Crippen molar-refractivity contribution in [3.05, 3.63) is 35.0 Å². The Kier molecular flexibility index (Phi) is 5.38. The standard InChI is InChI=1S/C21H25FN2O3S/c1-13-11-24(12-14(2)27-13)20(25)15-6-8-23(9-7-15)21(26)19-10-16-17(22)4-3-5-18(16)28-19/h3-5,10,13-15H,6-9,11-12H2,1-2H3. The lowest BCUT2D eigenvalue weighted by molar-refractivity contribution is -0.148. The fraction of sp³-hybridized carbons (Fsp3) is 0.524. The number of likely N-dealkylation sites (tertiary alicyclic amines) is 1. The Labute approximate surface area is 168 Å². The maximum absolute atomic E-state index is 13.9. The summed E-state index contributed by atoms with van der Waals surface area (Å²) < 4.78 is 20.4. The van der Waals surface area contributed by atoms with Crippen LogP contribution in [-0.4, -0.2) is 60.0 Å². The molecule has 0 N–H and O–H groups in total. The van der Waals surface area contributed by atoms with E-state index in [0.717, 1.165) is 4.70 Å². The third kappa shape index (κ3) is 3.78. The van der Waals surface area contributed by atoms with Gasteiger partial charge in [0.05, 0.1) is 17.1 Å². The lowest BCUT2D eigenvalue weighted by atomic mass is 9.94. The number of thiophene rings is 1. The zero-order chi connectivity index (χ0) is 19.8. The van der Waals surface area contributed by atoms with Crippen LogP contribution < -0.4 is 0 Å². The van der Waals surface area contributed by atoms with Gasteiger partial charge in [-0.25, -0.2) is 4.39 Å². The molecule has 28 heavy (non-hydrogen) atoms. The summed E-state index contributed by atoms with van der Waals surface area (Å²) >= 11 is 1.32. The third-order valence-corrected chi connectivity index (χ3v) is 6.67. The number of halogens is 1. The van der Waals surface area contributed by atoms with E-state index in [9.17, 15) is 14.0 Å². The van der Waals surface area contributed by atoms with E-state index >= 15 is 0 Å². The first-order valence-corrected chi connectivity index (χ1v) is 10.7. The highest BCUT2D eigenvalue weighted by Gasteiger charge is 2.34. The van der Waals surface area contributed by atoms with Crippen molar-refractivity contribution < 1.29 is 18.7 Å². The monoisotopic (exact) mass is 404 g/mol. The average Bonchev–Trinajstić information content (AvgIpc) is 3.12. The molecule has 2 aromatic rings. The molecule has 2 atom stereocenters. The first-order chi connectivity index (χ1) is 13.4. The molecule has 2 amide bonds. The van der Waals surface area contributed by atoms with Gasteiger partial charge in [0.1, 0.15) is 5.82 Å². The summed E-state index contributed by atoms with van der Waals surface area (Å²) in [5, 5.41) is 0.497. The Morgan fingerprint density at radius 1 is 1.11 bits per heavy atom. The van der Waals surface area contributed by atoms with Gasteiger partial charge in [-0.15, -0.1) is 11.3 Å². The van der Waals surface area contributed by atoms with Gasteiger partial charge in [0.15, 0.2) is 0 Å². The van der Waals surface area contributed by atoms with Gasteiger partial charge in [-0.05, 0) is 44.9 Å². The first-order valence-electron chi connectivity index (χ1n) is 9.84. The van der Waals surface area contributed by atoms with E-state index in [-0.39, 0.29) is 35.8 Å². The minimum atomic E-state index is -0.300. The summed E-state index contributed by atoms with van der Waals surface area (Å²) in [6.07, 6.45) is 1.46. The highest BCUT2D eigenvalue weighted by molar-refractivity contribution is 7.20. The van der Waals surface area contributed by atoms with Crippen LogP contribution in [0.1, 0.15) is 36.4 Å². The largest absolute Gasteiger partial charge is 0.372 e. The lowest BCUT2D eigenvalue weighted by Gasteiger charge is -2.39. The molecule has 7 heteroatoms. The SMILES string of the molecule is CC1CN(C(=O)C2CCN(C(=O)c3cc4c(F)cccc4s3)CC2)CC(C)O1. The molecule has 2 unspecified atom stereocenters. The van der Waals surface area contributed by atoms with Crippen LogP contribution in [0.3, 0.4) is 0 Å². The molecule has 2 aliphatic rings. The Morgan fingerprint density at radius 2 is 1.79 bits per heavy atom. The van der Waals surface area contributed by atoms with Gasteiger partial charge in [-0.2, -0.15) is 0 Å². The lowest BCUT2D eigenvalue weighted by Crippen LogP contribution is -2.51. The maximum Gasteiger partial charge on any atom is 0.263 e. The van der Waals surface area contributed by atoms with Crippen LogP contribution in [0.2, 0.25) is 0 Å². The average molecular weight is 405 g/mol. The van der Waals surface area contributed by atoms with Crippen molar-refractivity contribution in [3.63, 3.8) is 0 Å². The number of piperidine rings is 1. The van der Waals surface area contributed by atoms with Gasteiger partial charge in [0.25, 0.3) is 5.91 Å². The predicted molar refractivity (Wildman–Crippen MR) is 107 cm³/mol. The van der Waals surface area contributed by atoms with Crippen molar-refractivity contribution in [1.29, 1.82) is 0 Å². The molecule has 0 radical (unpaired) electrons. The molecular weight excluding hydrogens is 379 g/mol. The second kappa shape index (κ2) is 7.79. The van der Waals surface area contributed by atoms with E-state index in [1.807, 2.05) is 24.8 Å². The molecule has 1 aromatic carbocycles. The van der Waals surface area contributed by atoms with Crippen molar-refractivity contribution in [3.8, 4) is 0 Å². The van der Waals surface area contributed by atoms with E-state index in [4.69, 9.17) is 4.74 Å². The Balaban J connectivity index is 1.38. The van der Waals surface area contributed by atoms with Crippen LogP contribution in [0.5, 0.6) is 0 Å². The number of hydrogen-bond donors (Lipinski definition) is 0. The predicted octanol–water partition coefficient (Wildman–Crippen LogP) is 3.53. The number of rotatable bonds is 2. The second-order valence-electron chi connectivity index (χ2n) is 7.83. The number of fused-ring (bicyclic) bond motifs is 1. The van der Waals surface area contributed by atoms with Gasteiger partial charge in [-0.1, -0.05) is 6.07 Å². The molecule has 3 heterocycles. The number of carbonyl (C=O) groups excluding carboxylic acids is 2. The molecule has 5 nitrogen and oxygen atoms in total. The van der Waals surface area contributed by atoms with Crippen molar-refractivity contribution >= 4 is 33.2 Å². The van der Waals surface area contributed by atoms with Gasteiger partial charge in [0, 0.05) is 42.2 Å². The van der Waals surface area contributed by atoms with Crippen LogP contribution in [0.15, 0.2) is 24.3 Å². The third-order valence-electron chi connectivity index (χ3n) is 5.58. The highest BCUT2D eigenvalue weighted by atomic mass is 32.1. The second-order valence-corrected chi connectivity index (χ2v) is 8.91. The molecule has 2 saturated heterocycles. The summed E-state index contributed by atoms with van der Waals surface area (Å²) in [6.45, 7) is 6.37. The summed E-state index contributed by atoms with van der Waals surface area (Å²) in [6, 6.07) is 6.54. The van der Waals surface area contributed by atoms with Crippen LogP contribution in [0.25, 0.3) is 10.1 Å². The zero-order valence-electron chi connectivity index (χ0n) is 16.2. The van der Waals surface area contributed by atoms with Crippen molar-refractivity contribution in [2.75, 3.05) is 26.2 Å². The molecule has 0 bridgehead atoms. The van der Waals surface area contributed by atoms with E-state index in [1.54, 1.807) is 17.0 Å². The van der Waals surface area contributed by atoms with Crippen LogP contribution in [-0.2, 0) is 9.53 Å². The van der Waals surface area contributed by atoms with E-state index < -0.39 is 0 Å². The Bertz CT molecular complexity index is 881. The number of hydrogen-bond acceptors (Lipinski definition) is 4. The summed E-state index contributed by atoms with van der Waals surface area (Å²) in [5.41, 5.74) is 0. The smallest absolute Gasteiger partial charge is 0.263 e. The van der Waals surface area contributed by atoms with E-state index in [2.05, 4.69) is 0 Å². The van der Waals surface area contributed by atoms with Gasteiger partial charge >= 0.3 is 0 Å². The van der Waals surface area contributed by atoms with Crippen LogP contribution in [0, 0.1) is 11.7 Å². The Morgan fingerprint density at radius 3 is 2.43 bits per heavy atom. The van der Waals surface area contributed by atoms with Crippen molar-refractivity contribution in [1.82, 2.24) is 9.80 Å². The maximum atomic E-state index is 13.9. The molecule has 150 valence electrons. The van der Waals surface area contributed by atoms with Crippen LogP contribution in [0.4, 0.5) is 4.39 Å². The number of nitrogens with zero attached hydrogens (tertiary/aromatic N) is 2. The molecule has 1 aromatic heterocycles. The van der Waals surface area contributed by atoms with Crippen molar-refractivity contribution in [2.24, 2.45) is 5.92 Å². The topological polar surface area (TPSA) is 49.9 Å². The number of carbonyl (C=O) groups is 2. The minimum absolute atomic E-state index is 0.0404. The molecule has 4 rings (SSSR count). The van der Waals surface area contributed by atoms with Gasteiger partial charge in [-0.3, -0.25) is 9.59 Å². The fourth-order valence-electron chi connectivity index (χ4n) is 4.23. The number of morpholine rings is 1. The number of benzene rings is 1. The normalized spacial score (nSPS) is 24.0. The molecule has 0 aliphatic carbocycles. The van der Waals surface area contributed by atoms with Crippen LogP contribution >= 0.6 is 11.3 Å². The summed E-state index contributed by atoms with van der Waals surface area (Å²) in [7, 11) is 0. The molecule has 2 fully saturated rings. The van der Waals surface area contributed by atoms with Gasteiger partial charge < -0.3 is 14.5 Å². The quantitative estimate of drug-likeness (QED) is 0.769. The molecule has 0 spiro atoms. The summed E-state index contributed by atoms with van der Waals surface area (Å²) in [4.78, 5) is 30.0. The van der Waals surface area contributed by atoms with Gasteiger partial charge in [0.2, 0.25) is 5.91 Å². The summed E-state index contributed by atoms with van der Waals surface area (Å²) in [5.74, 6) is -0.231. The van der Waals surface area contributed by atoms with E-state index in [0.29, 0.717) is 49.3 Å². The zero-order valence-corrected chi connectivity index (χ0v) is 17.0. The molecule has 2 aliphatic heterocycles. The number of amides is 2. The molecule has 0 saturated carbocycles.